The summed E-state index contributed by atoms with van der Waals surface area (Å²) >= 11 is 0. The van der Waals surface area contributed by atoms with E-state index in [2.05, 4.69) is 21.9 Å². The van der Waals surface area contributed by atoms with Crippen molar-refractivity contribution in [1.82, 2.24) is 14.9 Å². The number of rotatable bonds is 3. The first-order valence-corrected chi connectivity index (χ1v) is 6.06. The van der Waals surface area contributed by atoms with Gasteiger partial charge in [0, 0.05) is 25.5 Å². The van der Waals surface area contributed by atoms with E-state index in [1.165, 1.54) is 38.5 Å². The third-order valence-electron chi connectivity index (χ3n) is 3.32. The quantitative estimate of drug-likeness (QED) is 0.770. The highest BCUT2D eigenvalue weighted by molar-refractivity contribution is 4.91. The molecule has 1 fully saturated rings. The van der Waals surface area contributed by atoms with Crippen molar-refractivity contribution in [2.75, 3.05) is 0 Å². The van der Waals surface area contributed by atoms with E-state index in [-0.39, 0.29) is 0 Å². The molecule has 15 heavy (non-hydrogen) atoms. The first-order chi connectivity index (χ1) is 7.36. The van der Waals surface area contributed by atoms with E-state index in [1.54, 1.807) is 0 Å². The molecule has 0 radical (unpaired) electrons. The van der Waals surface area contributed by atoms with Gasteiger partial charge in [-0.1, -0.05) is 25.7 Å². The highest BCUT2D eigenvalue weighted by atomic mass is 15.1. The Labute approximate surface area is 91.9 Å². The first-order valence-electron chi connectivity index (χ1n) is 6.06. The summed E-state index contributed by atoms with van der Waals surface area (Å²) in [4.78, 5) is 4.32. The summed E-state index contributed by atoms with van der Waals surface area (Å²) in [6.45, 7) is 0.911. The van der Waals surface area contributed by atoms with E-state index in [0.717, 1.165) is 12.4 Å². The SMILES string of the molecule is Cn1ccnc1CNC1CCCCCC1. The lowest BCUT2D eigenvalue weighted by Gasteiger charge is -2.15. The van der Waals surface area contributed by atoms with Gasteiger partial charge in [-0.3, -0.25) is 0 Å². The molecule has 0 amide bonds. The second kappa shape index (κ2) is 5.31. The van der Waals surface area contributed by atoms with Gasteiger partial charge in [0.05, 0.1) is 6.54 Å². The molecule has 0 bridgehead atoms. The Balaban J connectivity index is 1.79. The van der Waals surface area contributed by atoms with Crippen LogP contribution < -0.4 is 5.32 Å². The number of aromatic nitrogens is 2. The van der Waals surface area contributed by atoms with Gasteiger partial charge in [0.2, 0.25) is 0 Å². The molecule has 1 aromatic rings. The highest BCUT2D eigenvalue weighted by Crippen LogP contribution is 2.17. The molecule has 3 nitrogen and oxygen atoms in total. The fourth-order valence-corrected chi connectivity index (χ4v) is 2.29. The van der Waals surface area contributed by atoms with Crippen LogP contribution >= 0.6 is 0 Å². The van der Waals surface area contributed by atoms with Crippen molar-refractivity contribution in [2.45, 2.75) is 51.1 Å². The van der Waals surface area contributed by atoms with E-state index >= 15 is 0 Å². The van der Waals surface area contributed by atoms with E-state index < -0.39 is 0 Å². The van der Waals surface area contributed by atoms with Crippen molar-refractivity contribution >= 4 is 0 Å². The van der Waals surface area contributed by atoms with E-state index in [0.29, 0.717) is 6.04 Å². The summed E-state index contributed by atoms with van der Waals surface area (Å²) in [5.74, 6) is 1.14. The minimum absolute atomic E-state index is 0.712. The predicted octanol–water partition coefficient (Wildman–Crippen LogP) is 2.23. The van der Waals surface area contributed by atoms with Gasteiger partial charge < -0.3 is 9.88 Å². The molecule has 0 spiro atoms. The second-order valence-corrected chi connectivity index (χ2v) is 4.52. The van der Waals surface area contributed by atoms with Crippen LogP contribution in [0.5, 0.6) is 0 Å². The maximum absolute atomic E-state index is 4.32. The number of nitrogens with zero attached hydrogens (tertiary/aromatic N) is 2. The molecule has 0 saturated heterocycles. The number of hydrogen-bond donors (Lipinski definition) is 1. The third kappa shape index (κ3) is 3.06. The number of hydrogen-bond acceptors (Lipinski definition) is 2. The largest absolute Gasteiger partial charge is 0.337 e. The number of nitrogens with one attached hydrogen (secondary N) is 1. The average Bonchev–Trinajstić information content (AvgIpc) is 2.53. The fourth-order valence-electron chi connectivity index (χ4n) is 2.29. The molecule has 2 rings (SSSR count). The van der Waals surface area contributed by atoms with Crippen LogP contribution in [0.25, 0.3) is 0 Å². The van der Waals surface area contributed by atoms with Crippen molar-refractivity contribution in [2.24, 2.45) is 7.05 Å². The average molecular weight is 207 g/mol. The molecular weight excluding hydrogens is 186 g/mol. The number of aryl methyl sites for hydroxylation is 1. The molecule has 1 aliphatic rings. The summed E-state index contributed by atoms with van der Waals surface area (Å²) in [6.07, 6.45) is 12.2. The fraction of sp³-hybridized carbons (Fsp3) is 0.750. The maximum Gasteiger partial charge on any atom is 0.122 e. The molecule has 1 heterocycles. The van der Waals surface area contributed by atoms with Crippen LogP contribution in [0, 0.1) is 0 Å². The Morgan fingerprint density at radius 3 is 2.67 bits per heavy atom. The zero-order valence-electron chi connectivity index (χ0n) is 9.58. The summed E-state index contributed by atoms with van der Waals surface area (Å²) in [5.41, 5.74) is 0. The molecular formula is C12H21N3. The molecule has 1 saturated carbocycles. The Kier molecular flexibility index (Phi) is 3.78. The van der Waals surface area contributed by atoms with Crippen molar-refractivity contribution in [3.63, 3.8) is 0 Å². The molecule has 84 valence electrons. The summed E-state index contributed by atoms with van der Waals surface area (Å²) in [6, 6.07) is 0.712. The predicted molar refractivity (Wildman–Crippen MR) is 61.5 cm³/mol. The van der Waals surface area contributed by atoms with Crippen LogP contribution in [0.3, 0.4) is 0 Å². The van der Waals surface area contributed by atoms with Crippen molar-refractivity contribution < 1.29 is 0 Å². The first kappa shape index (κ1) is 10.7. The van der Waals surface area contributed by atoms with Gasteiger partial charge in [0.15, 0.2) is 0 Å². The Bertz CT molecular complexity index is 285. The van der Waals surface area contributed by atoms with Gasteiger partial charge in [0.1, 0.15) is 5.82 Å². The molecule has 0 atom stereocenters. The lowest BCUT2D eigenvalue weighted by Crippen LogP contribution is -2.28. The standard InChI is InChI=1S/C12H21N3/c1-15-9-8-13-12(15)10-14-11-6-4-2-3-5-7-11/h8-9,11,14H,2-7,10H2,1H3. The Morgan fingerprint density at radius 1 is 1.33 bits per heavy atom. The van der Waals surface area contributed by atoms with Crippen molar-refractivity contribution in [1.29, 1.82) is 0 Å². The van der Waals surface area contributed by atoms with Gasteiger partial charge in [-0.25, -0.2) is 4.98 Å². The van der Waals surface area contributed by atoms with E-state index in [9.17, 15) is 0 Å². The molecule has 1 aliphatic carbocycles. The lowest BCUT2D eigenvalue weighted by atomic mass is 10.1. The van der Waals surface area contributed by atoms with Crippen molar-refractivity contribution in [3.05, 3.63) is 18.2 Å². The van der Waals surface area contributed by atoms with Crippen LogP contribution in [0.1, 0.15) is 44.3 Å². The smallest absolute Gasteiger partial charge is 0.122 e. The van der Waals surface area contributed by atoms with E-state index in [4.69, 9.17) is 0 Å². The van der Waals surface area contributed by atoms with Gasteiger partial charge in [-0.15, -0.1) is 0 Å². The Hall–Kier alpha value is -0.830. The highest BCUT2D eigenvalue weighted by Gasteiger charge is 2.11. The van der Waals surface area contributed by atoms with E-state index in [1.807, 2.05) is 12.4 Å². The lowest BCUT2D eigenvalue weighted by molar-refractivity contribution is 0.449. The maximum atomic E-state index is 4.32. The Morgan fingerprint density at radius 2 is 2.07 bits per heavy atom. The second-order valence-electron chi connectivity index (χ2n) is 4.52. The topological polar surface area (TPSA) is 29.9 Å². The normalized spacial score (nSPS) is 19.0. The van der Waals surface area contributed by atoms with Gasteiger partial charge >= 0.3 is 0 Å². The van der Waals surface area contributed by atoms with Crippen LogP contribution in [-0.2, 0) is 13.6 Å². The minimum Gasteiger partial charge on any atom is -0.337 e. The molecule has 0 unspecified atom stereocenters. The number of imidazole rings is 1. The van der Waals surface area contributed by atoms with Crippen LogP contribution in [0.15, 0.2) is 12.4 Å². The summed E-state index contributed by atoms with van der Waals surface area (Å²) in [5, 5.41) is 3.62. The molecule has 1 aromatic heterocycles. The molecule has 0 aliphatic heterocycles. The van der Waals surface area contributed by atoms with Gasteiger partial charge in [0.25, 0.3) is 0 Å². The third-order valence-corrected chi connectivity index (χ3v) is 3.32. The molecule has 3 heteroatoms. The minimum atomic E-state index is 0.712. The monoisotopic (exact) mass is 207 g/mol. The van der Waals surface area contributed by atoms with Crippen LogP contribution in [0.2, 0.25) is 0 Å². The molecule has 0 aromatic carbocycles. The zero-order valence-corrected chi connectivity index (χ0v) is 9.58. The summed E-state index contributed by atoms with van der Waals surface area (Å²) < 4.78 is 2.09. The van der Waals surface area contributed by atoms with Crippen LogP contribution in [-0.4, -0.2) is 15.6 Å². The summed E-state index contributed by atoms with van der Waals surface area (Å²) in [7, 11) is 2.05. The zero-order chi connectivity index (χ0) is 10.5. The van der Waals surface area contributed by atoms with Gasteiger partial charge in [-0.2, -0.15) is 0 Å². The van der Waals surface area contributed by atoms with Crippen LogP contribution in [0.4, 0.5) is 0 Å². The molecule has 1 N–H and O–H groups in total. The van der Waals surface area contributed by atoms with Crippen molar-refractivity contribution in [3.8, 4) is 0 Å². The van der Waals surface area contributed by atoms with Gasteiger partial charge in [-0.05, 0) is 12.8 Å².